The number of aliphatic hydroxyl groups excluding tert-OH is 2. The first-order valence-corrected chi connectivity index (χ1v) is 30.4. The van der Waals surface area contributed by atoms with Gasteiger partial charge >= 0.3 is 5.97 Å². The lowest BCUT2D eigenvalue weighted by atomic mass is 9.71. The second-order valence-corrected chi connectivity index (χ2v) is 21.8. The van der Waals surface area contributed by atoms with E-state index >= 15 is 0 Å². The Hall–Kier alpha value is -0.520. The van der Waals surface area contributed by atoms with Crippen LogP contribution in [0.25, 0.3) is 0 Å². The zero-order chi connectivity index (χ0) is 47.4. The molecule has 0 aliphatic rings. The summed E-state index contributed by atoms with van der Waals surface area (Å²) in [7, 11) is 0. The maximum absolute atomic E-state index is 12.5. The normalized spacial score (nSPS) is 12.3. The summed E-state index contributed by atoms with van der Waals surface area (Å²) in [5.41, 5.74) is 0.0452. The van der Waals surface area contributed by atoms with E-state index in [0.29, 0.717) is 11.5 Å². The topological polar surface area (TPSA) is 66.8 Å². The zero-order valence-corrected chi connectivity index (χ0v) is 45.5. The first-order chi connectivity index (χ1) is 31.9. The Morgan fingerprint density at radius 2 is 0.554 bits per heavy atom. The summed E-state index contributed by atoms with van der Waals surface area (Å²) >= 11 is 5.76. The van der Waals surface area contributed by atoms with Crippen molar-refractivity contribution in [3.05, 3.63) is 0 Å². The van der Waals surface area contributed by atoms with Crippen LogP contribution in [0.3, 0.4) is 0 Å². The number of ether oxygens (including phenoxy) is 1. The van der Waals surface area contributed by atoms with Gasteiger partial charge in [0.25, 0.3) is 0 Å². The monoisotopic (exact) mass is 935 g/mol. The fourth-order valence-electron chi connectivity index (χ4n) is 10.4. The quantitative estimate of drug-likeness (QED) is 0.0361. The Morgan fingerprint density at radius 1 is 0.369 bits per heavy atom. The Balaban J connectivity index is 4.94. The number of aliphatic hydroxyl groups is 2. The van der Waals surface area contributed by atoms with Gasteiger partial charge in [0.15, 0.2) is 11.2 Å². The van der Waals surface area contributed by atoms with Gasteiger partial charge in [0.2, 0.25) is 0 Å². The summed E-state index contributed by atoms with van der Waals surface area (Å²) in [4.78, 5) is 12.5. The van der Waals surface area contributed by atoms with Crippen molar-refractivity contribution in [3.63, 3.8) is 0 Å². The molecule has 0 aliphatic carbocycles. The molecule has 0 amide bonds. The van der Waals surface area contributed by atoms with Gasteiger partial charge in [-0.05, 0) is 36.9 Å². The highest BCUT2D eigenvalue weighted by Gasteiger charge is 2.32. The largest absolute Gasteiger partial charge is 0.417 e. The van der Waals surface area contributed by atoms with Crippen molar-refractivity contribution in [2.24, 2.45) is 5.41 Å². The third kappa shape index (κ3) is 47.0. The average Bonchev–Trinajstić information content (AvgIpc) is 3.30. The highest BCUT2D eigenvalue weighted by atomic mass is 32.1. The van der Waals surface area contributed by atoms with Crippen molar-refractivity contribution in [2.75, 3.05) is 6.61 Å². The predicted molar refractivity (Wildman–Crippen MR) is 291 cm³/mol. The van der Waals surface area contributed by atoms with Gasteiger partial charge in [-0.1, -0.05) is 329 Å². The Bertz CT molecular complexity index is 865. The maximum Gasteiger partial charge on any atom is 0.343 e. The van der Waals surface area contributed by atoms with E-state index in [1.54, 1.807) is 0 Å². The molecule has 0 aromatic carbocycles. The van der Waals surface area contributed by atoms with Gasteiger partial charge in [-0.3, -0.25) is 0 Å². The molecule has 65 heavy (non-hydrogen) atoms. The molecule has 0 spiro atoms. The summed E-state index contributed by atoms with van der Waals surface area (Å²) in [6, 6.07) is 0. The molecular weight excluding hydrogens is 817 g/mol. The van der Waals surface area contributed by atoms with Crippen LogP contribution in [-0.4, -0.2) is 33.9 Å². The molecular formula is C60H118O4S. The Morgan fingerprint density at radius 3 is 0.738 bits per heavy atom. The second-order valence-electron chi connectivity index (χ2n) is 21.3. The Kier molecular flexibility index (Phi) is 52.4. The minimum Gasteiger partial charge on any atom is -0.417 e. The summed E-state index contributed by atoms with van der Waals surface area (Å²) in [6.45, 7) is 6.26. The summed E-state index contributed by atoms with van der Waals surface area (Å²) in [5, 5.41) is 19.7. The lowest BCUT2D eigenvalue weighted by molar-refractivity contribution is -0.146. The van der Waals surface area contributed by atoms with Gasteiger partial charge in [0.1, 0.15) is 0 Å². The van der Waals surface area contributed by atoms with Crippen LogP contribution >= 0.6 is 12.2 Å². The smallest absolute Gasteiger partial charge is 0.343 e. The molecule has 4 nitrogen and oxygen atoms in total. The van der Waals surface area contributed by atoms with Gasteiger partial charge in [0, 0.05) is 6.42 Å². The molecule has 0 aromatic rings. The number of carbonyl (C=O) groups excluding carboxylic acids is 1. The van der Waals surface area contributed by atoms with Crippen LogP contribution in [0.1, 0.15) is 355 Å². The molecule has 2 N–H and O–H groups in total. The average molecular weight is 936 g/mol. The van der Waals surface area contributed by atoms with Crippen LogP contribution in [0.15, 0.2) is 0 Å². The SMILES string of the molecule is CCCCCCCCCCCCCCCCCCC(CCCCCCCCCCCCCCCCCC)(CCCCCCCCCCCCCCCCCC)CC(=S)OC(=O)C(O)CO. The van der Waals surface area contributed by atoms with Crippen molar-refractivity contribution in [1.82, 2.24) is 0 Å². The van der Waals surface area contributed by atoms with Crippen LogP contribution in [0.5, 0.6) is 0 Å². The van der Waals surface area contributed by atoms with E-state index in [9.17, 15) is 15.0 Å². The minimum atomic E-state index is -1.52. The third-order valence-corrected chi connectivity index (χ3v) is 15.1. The van der Waals surface area contributed by atoms with Crippen LogP contribution < -0.4 is 0 Å². The van der Waals surface area contributed by atoms with Crippen LogP contribution in [0.4, 0.5) is 0 Å². The van der Waals surface area contributed by atoms with Gasteiger partial charge < -0.3 is 14.9 Å². The summed E-state index contributed by atoms with van der Waals surface area (Å²) in [6.07, 6.45) is 68.6. The van der Waals surface area contributed by atoms with Crippen LogP contribution in [-0.2, 0) is 9.53 Å². The molecule has 0 radical (unpaired) electrons. The van der Waals surface area contributed by atoms with E-state index < -0.39 is 18.7 Å². The highest BCUT2D eigenvalue weighted by Crippen LogP contribution is 2.41. The van der Waals surface area contributed by atoms with Crippen molar-refractivity contribution < 1.29 is 19.7 Å². The lowest BCUT2D eigenvalue weighted by Crippen LogP contribution is -2.31. The standard InChI is InChI=1S/C60H118O4S/c1-4-7-10-13-16-19-22-25-28-31-34-37-40-43-46-49-52-60(55-58(65)64-59(63)57(62)56-61,53-50-47-44-41-38-35-32-29-26-23-20-17-14-11-8-5-2)54-51-48-45-42-39-36-33-30-27-24-21-18-15-12-9-6-3/h57,61-62H,4-56H2,1-3H3. The number of unbranched alkanes of at least 4 members (excludes halogenated alkanes) is 45. The number of carbonyl (C=O) groups is 1. The van der Waals surface area contributed by atoms with E-state index in [4.69, 9.17) is 17.0 Å². The molecule has 388 valence electrons. The highest BCUT2D eigenvalue weighted by molar-refractivity contribution is 7.80. The van der Waals surface area contributed by atoms with Crippen molar-refractivity contribution >= 4 is 23.2 Å². The lowest BCUT2D eigenvalue weighted by Gasteiger charge is -2.35. The number of rotatable bonds is 55. The van der Waals surface area contributed by atoms with Crippen molar-refractivity contribution in [2.45, 2.75) is 361 Å². The molecule has 0 rings (SSSR count). The third-order valence-electron chi connectivity index (χ3n) is 14.9. The van der Waals surface area contributed by atoms with E-state index in [0.717, 1.165) is 19.3 Å². The molecule has 0 saturated carbocycles. The number of thiocarbonyl (C=S) groups is 1. The molecule has 1 atom stereocenters. The number of esters is 1. The van der Waals surface area contributed by atoms with Gasteiger partial charge in [-0.15, -0.1) is 0 Å². The maximum atomic E-state index is 12.5. The molecule has 0 fully saturated rings. The Labute approximate surface area is 413 Å². The summed E-state index contributed by atoms with van der Waals surface area (Å²) < 4.78 is 5.54. The second kappa shape index (κ2) is 52.8. The first kappa shape index (κ1) is 64.5. The van der Waals surface area contributed by atoms with Gasteiger partial charge in [0.05, 0.1) is 6.61 Å². The van der Waals surface area contributed by atoms with E-state index in [1.807, 2.05) is 0 Å². The van der Waals surface area contributed by atoms with Gasteiger partial charge in [-0.25, -0.2) is 4.79 Å². The predicted octanol–water partition coefficient (Wildman–Crippen LogP) is 20.5. The number of hydrogen-bond acceptors (Lipinski definition) is 5. The fraction of sp³-hybridized carbons (Fsp3) is 0.967. The van der Waals surface area contributed by atoms with Gasteiger partial charge in [-0.2, -0.15) is 0 Å². The minimum absolute atomic E-state index is 0.0452. The molecule has 0 heterocycles. The molecule has 0 bridgehead atoms. The molecule has 0 saturated heterocycles. The molecule has 1 unspecified atom stereocenters. The van der Waals surface area contributed by atoms with Crippen molar-refractivity contribution in [3.8, 4) is 0 Å². The molecule has 0 aliphatic heterocycles. The zero-order valence-electron chi connectivity index (χ0n) is 44.7. The van der Waals surface area contributed by atoms with Crippen molar-refractivity contribution in [1.29, 1.82) is 0 Å². The van der Waals surface area contributed by atoms with Crippen LogP contribution in [0, 0.1) is 5.41 Å². The first-order valence-electron chi connectivity index (χ1n) is 30.0. The van der Waals surface area contributed by atoms with E-state index in [-0.39, 0.29) is 5.41 Å². The fourth-order valence-corrected chi connectivity index (χ4v) is 10.8. The molecule has 0 aromatic heterocycles. The van der Waals surface area contributed by atoms with E-state index in [1.165, 1.54) is 308 Å². The van der Waals surface area contributed by atoms with E-state index in [2.05, 4.69) is 20.8 Å². The van der Waals surface area contributed by atoms with Crippen LogP contribution in [0.2, 0.25) is 0 Å². The summed E-state index contributed by atoms with van der Waals surface area (Å²) in [5.74, 6) is -0.807. The number of hydrogen-bond donors (Lipinski definition) is 2. The molecule has 5 heteroatoms.